The maximum absolute atomic E-state index is 12.5. The minimum atomic E-state index is -4.46. The highest BCUT2D eigenvalue weighted by molar-refractivity contribution is 5.84. The van der Waals surface area contributed by atoms with Crippen molar-refractivity contribution in [1.29, 1.82) is 0 Å². The monoisotopic (exact) mass is 377 g/mol. The van der Waals surface area contributed by atoms with E-state index in [2.05, 4.69) is 5.32 Å². The van der Waals surface area contributed by atoms with Crippen LogP contribution in [0.1, 0.15) is 32.8 Å². The summed E-state index contributed by atoms with van der Waals surface area (Å²) in [4.78, 5) is 23.0. The zero-order valence-electron chi connectivity index (χ0n) is 14.7. The molecule has 0 saturated heterocycles. The van der Waals surface area contributed by atoms with Gasteiger partial charge in [-0.25, -0.2) is 4.79 Å². The van der Waals surface area contributed by atoms with E-state index in [1.807, 2.05) is 20.8 Å². The largest absolute Gasteiger partial charge is 0.484 e. The summed E-state index contributed by atoms with van der Waals surface area (Å²) < 4.78 is 47.9. The Kier molecular flexibility index (Phi) is 7.43. The van der Waals surface area contributed by atoms with Gasteiger partial charge in [-0.2, -0.15) is 13.2 Å². The van der Waals surface area contributed by atoms with E-state index >= 15 is 0 Å². The second-order valence-electron chi connectivity index (χ2n) is 6.52. The summed E-state index contributed by atoms with van der Waals surface area (Å²) in [5, 5.41) is 11.4. The van der Waals surface area contributed by atoms with Gasteiger partial charge in [-0.3, -0.25) is 4.79 Å². The smallest absolute Gasteiger partial charge is 0.416 e. The molecule has 9 heteroatoms. The van der Waals surface area contributed by atoms with Gasteiger partial charge in [-0.05, 0) is 45.0 Å². The summed E-state index contributed by atoms with van der Waals surface area (Å²) >= 11 is 0. The van der Waals surface area contributed by atoms with E-state index in [0.29, 0.717) is 0 Å². The molecule has 1 aromatic rings. The molecule has 2 N–H and O–H groups in total. The van der Waals surface area contributed by atoms with Crippen molar-refractivity contribution in [3.63, 3.8) is 0 Å². The molecule has 0 heterocycles. The van der Waals surface area contributed by atoms with Gasteiger partial charge in [0.25, 0.3) is 5.91 Å². The van der Waals surface area contributed by atoms with Gasteiger partial charge in [0.2, 0.25) is 0 Å². The number of nitrogens with one attached hydrogen (secondary N) is 1. The van der Waals surface area contributed by atoms with Crippen molar-refractivity contribution in [2.24, 2.45) is 0 Å². The maximum Gasteiger partial charge on any atom is 0.416 e. The van der Waals surface area contributed by atoms with Gasteiger partial charge in [0, 0.05) is 13.0 Å². The highest BCUT2D eigenvalue weighted by Gasteiger charge is 2.30. The van der Waals surface area contributed by atoms with Crippen LogP contribution in [0.2, 0.25) is 0 Å². The summed E-state index contributed by atoms with van der Waals surface area (Å²) in [6.45, 7) is 5.08. The molecule has 146 valence electrons. The van der Waals surface area contributed by atoms with E-state index in [0.717, 1.165) is 24.3 Å². The quantitative estimate of drug-likeness (QED) is 0.728. The first kappa shape index (κ1) is 21.8. The first-order chi connectivity index (χ1) is 11.9. The molecule has 0 fully saturated rings. The van der Waals surface area contributed by atoms with Crippen LogP contribution in [0.5, 0.6) is 5.75 Å². The average Bonchev–Trinajstić information content (AvgIpc) is 2.50. The van der Waals surface area contributed by atoms with Crippen LogP contribution in [0.25, 0.3) is 0 Å². The highest BCUT2D eigenvalue weighted by atomic mass is 19.4. The molecule has 0 saturated carbocycles. The Morgan fingerprint density at radius 2 is 1.73 bits per heavy atom. The second kappa shape index (κ2) is 8.88. The van der Waals surface area contributed by atoms with Crippen LogP contribution in [0.15, 0.2) is 24.3 Å². The van der Waals surface area contributed by atoms with Gasteiger partial charge >= 0.3 is 12.1 Å². The molecule has 6 nitrogen and oxygen atoms in total. The number of carbonyl (C=O) groups excluding carboxylic acids is 1. The predicted molar refractivity (Wildman–Crippen MR) is 86.8 cm³/mol. The summed E-state index contributed by atoms with van der Waals surface area (Å²) in [6.07, 6.45) is -4.39. The van der Waals surface area contributed by atoms with E-state index in [1.54, 1.807) is 0 Å². The van der Waals surface area contributed by atoms with Crippen molar-refractivity contribution in [1.82, 2.24) is 5.32 Å². The summed E-state index contributed by atoms with van der Waals surface area (Å²) in [5.41, 5.74) is -1.27. The van der Waals surface area contributed by atoms with Gasteiger partial charge < -0.3 is 19.9 Å². The Morgan fingerprint density at radius 3 is 2.19 bits per heavy atom. The standard InChI is InChI=1S/C17H22F3NO5/c1-16(2,3)26-9-8-13(15(23)24)21-14(22)10-25-12-6-4-11(5-7-12)17(18,19)20/h4-7,13H,8-10H2,1-3H3,(H,21,22)(H,23,24). The van der Waals surface area contributed by atoms with Gasteiger partial charge in [0.15, 0.2) is 6.61 Å². The van der Waals surface area contributed by atoms with Gasteiger partial charge in [0.1, 0.15) is 11.8 Å². The number of hydrogen-bond acceptors (Lipinski definition) is 4. The lowest BCUT2D eigenvalue weighted by molar-refractivity contribution is -0.143. The van der Waals surface area contributed by atoms with Gasteiger partial charge in [0.05, 0.1) is 11.2 Å². The molecule has 0 aliphatic rings. The number of rotatable bonds is 8. The van der Waals surface area contributed by atoms with E-state index in [1.165, 1.54) is 0 Å². The van der Waals surface area contributed by atoms with Crippen molar-refractivity contribution in [2.75, 3.05) is 13.2 Å². The molecular weight excluding hydrogens is 355 g/mol. The van der Waals surface area contributed by atoms with Crippen LogP contribution in [0, 0.1) is 0 Å². The van der Waals surface area contributed by atoms with Crippen LogP contribution >= 0.6 is 0 Å². The average molecular weight is 377 g/mol. The number of carboxylic acid groups (broad SMARTS) is 1. The summed E-state index contributed by atoms with van der Waals surface area (Å²) in [6, 6.07) is 2.68. The van der Waals surface area contributed by atoms with Crippen LogP contribution < -0.4 is 10.1 Å². The Bertz CT molecular complexity index is 608. The van der Waals surface area contributed by atoms with Crippen molar-refractivity contribution < 1.29 is 37.3 Å². The van der Waals surface area contributed by atoms with Crippen LogP contribution in [-0.4, -0.2) is 41.8 Å². The molecule has 1 amide bonds. The fourth-order valence-corrected chi connectivity index (χ4v) is 1.87. The lowest BCUT2D eigenvalue weighted by Gasteiger charge is -2.21. The SMILES string of the molecule is CC(C)(C)OCCC(NC(=O)COc1ccc(C(F)(F)F)cc1)C(=O)O. The molecule has 0 aliphatic heterocycles. The second-order valence-corrected chi connectivity index (χ2v) is 6.52. The van der Waals surface area contributed by atoms with E-state index in [9.17, 15) is 22.8 Å². The fraction of sp³-hybridized carbons (Fsp3) is 0.529. The van der Waals surface area contributed by atoms with Crippen LogP contribution in [0.4, 0.5) is 13.2 Å². The Morgan fingerprint density at radius 1 is 1.15 bits per heavy atom. The lowest BCUT2D eigenvalue weighted by atomic mass is 10.2. The third-order valence-electron chi connectivity index (χ3n) is 3.13. The van der Waals surface area contributed by atoms with Crippen molar-refractivity contribution in [3.05, 3.63) is 29.8 Å². The third-order valence-corrected chi connectivity index (χ3v) is 3.13. The summed E-state index contributed by atoms with van der Waals surface area (Å²) in [5.74, 6) is -1.85. The van der Waals surface area contributed by atoms with Crippen LogP contribution in [0.3, 0.4) is 0 Å². The Labute approximate surface area is 149 Å². The number of benzene rings is 1. The minimum Gasteiger partial charge on any atom is -0.484 e. The number of halogens is 3. The number of hydrogen-bond donors (Lipinski definition) is 2. The molecule has 1 atom stereocenters. The van der Waals surface area contributed by atoms with Crippen molar-refractivity contribution in [3.8, 4) is 5.75 Å². The molecule has 0 aliphatic carbocycles. The van der Waals surface area contributed by atoms with Crippen molar-refractivity contribution >= 4 is 11.9 Å². The normalized spacial score (nSPS) is 13.2. The molecule has 1 rings (SSSR count). The van der Waals surface area contributed by atoms with Crippen LogP contribution in [-0.2, 0) is 20.5 Å². The molecule has 0 bridgehead atoms. The Hall–Kier alpha value is -2.29. The number of aliphatic carboxylic acids is 1. The number of amides is 1. The van der Waals surface area contributed by atoms with E-state index in [4.69, 9.17) is 14.6 Å². The molecule has 0 spiro atoms. The molecule has 1 unspecified atom stereocenters. The molecule has 26 heavy (non-hydrogen) atoms. The fourth-order valence-electron chi connectivity index (χ4n) is 1.87. The lowest BCUT2D eigenvalue weighted by Crippen LogP contribution is -2.44. The number of carbonyl (C=O) groups is 2. The zero-order chi connectivity index (χ0) is 20.0. The first-order valence-electron chi connectivity index (χ1n) is 7.84. The van der Waals surface area contributed by atoms with Gasteiger partial charge in [-0.15, -0.1) is 0 Å². The number of ether oxygens (including phenoxy) is 2. The molecule has 1 aromatic carbocycles. The molecule has 0 aromatic heterocycles. The number of alkyl halides is 3. The number of carboxylic acids is 1. The third kappa shape index (κ3) is 8.19. The topological polar surface area (TPSA) is 84.9 Å². The van der Waals surface area contributed by atoms with Crippen molar-refractivity contribution in [2.45, 2.75) is 45.0 Å². The molecule has 0 radical (unpaired) electrons. The zero-order valence-corrected chi connectivity index (χ0v) is 14.7. The first-order valence-corrected chi connectivity index (χ1v) is 7.84. The highest BCUT2D eigenvalue weighted by Crippen LogP contribution is 2.30. The molecular formula is C17H22F3NO5. The summed E-state index contributed by atoms with van der Waals surface area (Å²) in [7, 11) is 0. The predicted octanol–water partition coefficient (Wildman–Crippen LogP) is 2.86. The van der Waals surface area contributed by atoms with E-state index in [-0.39, 0.29) is 18.8 Å². The van der Waals surface area contributed by atoms with Gasteiger partial charge in [-0.1, -0.05) is 0 Å². The minimum absolute atomic E-state index is 0.0658. The van der Waals surface area contributed by atoms with E-state index < -0.39 is 41.9 Å². The Balaban J connectivity index is 2.49. The maximum atomic E-state index is 12.5.